The van der Waals surface area contributed by atoms with E-state index in [0.29, 0.717) is 38.9 Å². The Hall–Kier alpha value is -3.56. The molecule has 4 rings (SSSR count). The molecular weight excluding hydrogens is 461 g/mol. The number of aromatic nitrogens is 2. The average molecular weight is 484 g/mol. The van der Waals surface area contributed by atoms with E-state index in [1.54, 1.807) is 26.1 Å². The maximum absolute atomic E-state index is 13.7. The minimum absolute atomic E-state index is 0.203. The summed E-state index contributed by atoms with van der Waals surface area (Å²) < 4.78 is 13.7. The van der Waals surface area contributed by atoms with E-state index in [-0.39, 0.29) is 19.0 Å². The zero-order chi connectivity index (χ0) is 24.4. The standard InChI is InChI=1S/C24H23ClFN5O3/c1-13-5-16(7-17(26)6-13)20(12-32)29-21(33)11-31-10-15-4-3-14(8-18(15)23(31)34)22-19(25)9-28-24(27-2)30-22/h3-9,20,32H,10-12H2,1-2H3,(H,29,33)(H,27,28,30). The number of halogens is 2. The molecule has 0 bridgehead atoms. The van der Waals surface area contributed by atoms with Crippen LogP contribution >= 0.6 is 11.6 Å². The fraction of sp³-hybridized carbons (Fsp3) is 0.250. The third-order valence-electron chi connectivity index (χ3n) is 5.55. The van der Waals surface area contributed by atoms with E-state index in [1.807, 2.05) is 12.1 Å². The van der Waals surface area contributed by atoms with Crippen molar-refractivity contribution in [3.05, 3.63) is 75.7 Å². The Balaban J connectivity index is 1.48. The van der Waals surface area contributed by atoms with Crippen LogP contribution in [0.3, 0.4) is 0 Å². The lowest BCUT2D eigenvalue weighted by Gasteiger charge is -2.20. The summed E-state index contributed by atoms with van der Waals surface area (Å²) in [6, 6.07) is 8.87. The lowest BCUT2D eigenvalue weighted by atomic mass is 10.0. The summed E-state index contributed by atoms with van der Waals surface area (Å²) in [7, 11) is 1.69. The van der Waals surface area contributed by atoms with Gasteiger partial charge in [-0.15, -0.1) is 0 Å². The van der Waals surface area contributed by atoms with Crippen molar-refractivity contribution in [2.24, 2.45) is 0 Å². The molecule has 3 N–H and O–H groups in total. The van der Waals surface area contributed by atoms with Crippen LogP contribution in [0.2, 0.25) is 5.02 Å². The van der Waals surface area contributed by atoms with Crippen LogP contribution in [0.5, 0.6) is 0 Å². The topological polar surface area (TPSA) is 107 Å². The molecule has 1 unspecified atom stereocenters. The molecule has 0 spiro atoms. The highest BCUT2D eigenvalue weighted by Gasteiger charge is 2.30. The van der Waals surface area contributed by atoms with E-state index in [4.69, 9.17) is 11.6 Å². The highest BCUT2D eigenvalue weighted by Crippen LogP contribution is 2.31. The Bertz CT molecular complexity index is 1250. The van der Waals surface area contributed by atoms with Crippen LogP contribution in [0.25, 0.3) is 11.3 Å². The molecule has 8 nitrogen and oxygen atoms in total. The van der Waals surface area contributed by atoms with Crippen molar-refractivity contribution >= 4 is 29.4 Å². The van der Waals surface area contributed by atoms with Crippen molar-refractivity contribution in [2.45, 2.75) is 19.5 Å². The highest BCUT2D eigenvalue weighted by molar-refractivity contribution is 6.33. The van der Waals surface area contributed by atoms with Gasteiger partial charge >= 0.3 is 0 Å². The molecule has 1 atom stereocenters. The molecule has 1 aromatic heterocycles. The maximum Gasteiger partial charge on any atom is 0.254 e. The lowest BCUT2D eigenvalue weighted by molar-refractivity contribution is -0.122. The number of carbonyl (C=O) groups is 2. The van der Waals surface area contributed by atoms with Gasteiger partial charge in [-0.05, 0) is 41.8 Å². The van der Waals surface area contributed by atoms with E-state index < -0.39 is 24.4 Å². The number of hydrogen-bond donors (Lipinski definition) is 3. The number of benzene rings is 2. The van der Waals surface area contributed by atoms with Gasteiger partial charge in [0.1, 0.15) is 12.4 Å². The number of anilines is 1. The van der Waals surface area contributed by atoms with Gasteiger partial charge in [-0.25, -0.2) is 14.4 Å². The number of fused-ring (bicyclic) bond motifs is 1. The van der Waals surface area contributed by atoms with Gasteiger partial charge in [0.15, 0.2) is 0 Å². The molecule has 3 aromatic rings. The molecule has 10 heteroatoms. The second kappa shape index (κ2) is 9.74. The summed E-state index contributed by atoms with van der Waals surface area (Å²) in [6.45, 7) is 1.39. The van der Waals surface area contributed by atoms with Crippen LogP contribution in [0.1, 0.15) is 33.1 Å². The van der Waals surface area contributed by atoms with Gasteiger partial charge in [0.25, 0.3) is 5.91 Å². The first-order chi connectivity index (χ1) is 16.3. The largest absolute Gasteiger partial charge is 0.394 e. The summed E-state index contributed by atoms with van der Waals surface area (Å²) in [5.41, 5.74) is 3.52. The van der Waals surface area contributed by atoms with Crippen LogP contribution < -0.4 is 10.6 Å². The molecule has 1 aliphatic heterocycles. The Morgan fingerprint density at radius 1 is 1.29 bits per heavy atom. The Morgan fingerprint density at radius 2 is 2.09 bits per heavy atom. The van der Waals surface area contributed by atoms with Crippen LogP contribution in [0, 0.1) is 12.7 Å². The predicted molar refractivity (Wildman–Crippen MR) is 126 cm³/mol. The van der Waals surface area contributed by atoms with E-state index >= 15 is 0 Å². The summed E-state index contributed by atoms with van der Waals surface area (Å²) in [5.74, 6) is -0.807. The van der Waals surface area contributed by atoms with Crippen LogP contribution in [-0.2, 0) is 11.3 Å². The summed E-state index contributed by atoms with van der Waals surface area (Å²) in [5, 5.41) is 15.6. The van der Waals surface area contributed by atoms with Crippen molar-refractivity contribution in [1.29, 1.82) is 0 Å². The number of hydrogen-bond acceptors (Lipinski definition) is 6. The quantitative estimate of drug-likeness (QED) is 0.476. The monoisotopic (exact) mass is 483 g/mol. The molecule has 2 amide bonds. The molecule has 2 heterocycles. The molecule has 0 saturated carbocycles. The second-order valence-electron chi connectivity index (χ2n) is 8.04. The normalized spacial score (nSPS) is 13.6. The van der Waals surface area contributed by atoms with Gasteiger partial charge in [0, 0.05) is 24.7 Å². The summed E-state index contributed by atoms with van der Waals surface area (Å²) in [6.07, 6.45) is 1.49. The maximum atomic E-state index is 13.7. The molecule has 34 heavy (non-hydrogen) atoms. The fourth-order valence-corrected chi connectivity index (χ4v) is 4.14. The first-order valence-electron chi connectivity index (χ1n) is 10.6. The van der Waals surface area contributed by atoms with Crippen LogP contribution in [0.4, 0.5) is 10.3 Å². The van der Waals surface area contributed by atoms with Gasteiger partial charge in [-0.2, -0.15) is 0 Å². The van der Waals surface area contributed by atoms with E-state index in [9.17, 15) is 19.1 Å². The molecule has 1 aliphatic rings. The Labute approximate surface area is 200 Å². The molecule has 0 aliphatic carbocycles. The predicted octanol–water partition coefficient (Wildman–Crippen LogP) is 3.09. The molecule has 0 fully saturated rings. The minimum Gasteiger partial charge on any atom is -0.394 e. The van der Waals surface area contributed by atoms with Gasteiger partial charge < -0.3 is 20.6 Å². The Kier molecular flexibility index (Phi) is 6.76. The van der Waals surface area contributed by atoms with Crippen molar-refractivity contribution in [3.8, 4) is 11.3 Å². The third kappa shape index (κ3) is 4.85. The highest BCUT2D eigenvalue weighted by atomic mass is 35.5. The second-order valence-corrected chi connectivity index (χ2v) is 8.45. The zero-order valence-electron chi connectivity index (χ0n) is 18.6. The lowest BCUT2D eigenvalue weighted by Crippen LogP contribution is -2.40. The molecule has 0 saturated heterocycles. The van der Waals surface area contributed by atoms with Crippen LogP contribution in [0.15, 0.2) is 42.6 Å². The summed E-state index contributed by atoms with van der Waals surface area (Å²) >= 11 is 6.26. The van der Waals surface area contributed by atoms with Gasteiger partial charge in [-0.3, -0.25) is 9.59 Å². The van der Waals surface area contributed by atoms with E-state index in [2.05, 4.69) is 20.6 Å². The van der Waals surface area contributed by atoms with E-state index in [0.717, 1.165) is 5.56 Å². The molecule has 2 aromatic carbocycles. The van der Waals surface area contributed by atoms with Gasteiger partial charge in [0.2, 0.25) is 11.9 Å². The van der Waals surface area contributed by atoms with Crippen molar-refractivity contribution in [1.82, 2.24) is 20.2 Å². The molecular formula is C24H23ClFN5O3. The minimum atomic E-state index is -0.783. The zero-order valence-corrected chi connectivity index (χ0v) is 19.4. The number of aryl methyl sites for hydroxylation is 1. The van der Waals surface area contributed by atoms with Gasteiger partial charge in [0.05, 0.1) is 29.6 Å². The first kappa shape index (κ1) is 23.6. The number of aliphatic hydroxyl groups is 1. The smallest absolute Gasteiger partial charge is 0.254 e. The number of amides is 2. The fourth-order valence-electron chi connectivity index (χ4n) is 3.94. The average Bonchev–Trinajstić information content (AvgIpc) is 3.11. The number of aliphatic hydroxyl groups excluding tert-OH is 1. The number of nitrogens with zero attached hydrogens (tertiary/aromatic N) is 3. The first-order valence-corrected chi connectivity index (χ1v) is 11.0. The molecule has 0 radical (unpaired) electrons. The van der Waals surface area contributed by atoms with Crippen molar-refractivity contribution in [3.63, 3.8) is 0 Å². The number of carbonyl (C=O) groups excluding carboxylic acids is 2. The van der Waals surface area contributed by atoms with Crippen molar-refractivity contribution < 1.29 is 19.1 Å². The van der Waals surface area contributed by atoms with Crippen molar-refractivity contribution in [2.75, 3.05) is 25.5 Å². The third-order valence-corrected chi connectivity index (χ3v) is 5.83. The summed E-state index contributed by atoms with van der Waals surface area (Å²) in [4.78, 5) is 35.5. The van der Waals surface area contributed by atoms with Crippen LogP contribution in [-0.4, -0.2) is 52.0 Å². The molecule has 176 valence electrons. The number of rotatable bonds is 7. The van der Waals surface area contributed by atoms with Gasteiger partial charge in [-0.1, -0.05) is 29.8 Å². The SMILES string of the molecule is CNc1ncc(Cl)c(-c2ccc3c(c2)C(=O)N(CC(=O)NC(CO)c2cc(C)cc(F)c2)C3)n1. The van der Waals surface area contributed by atoms with E-state index in [1.165, 1.54) is 23.2 Å². The Morgan fingerprint density at radius 3 is 2.79 bits per heavy atom. The number of nitrogens with one attached hydrogen (secondary N) is 2.